The number of hydrogen-bond acceptors (Lipinski definition) is 1. The second kappa shape index (κ2) is 6.44. The topological polar surface area (TPSA) is 12.0 Å². The van der Waals surface area contributed by atoms with Gasteiger partial charge in [0.1, 0.15) is 0 Å². The minimum atomic E-state index is 0.628. The van der Waals surface area contributed by atoms with E-state index in [-0.39, 0.29) is 0 Å². The first-order valence-electron chi connectivity index (χ1n) is 6.92. The summed E-state index contributed by atoms with van der Waals surface area (Å²) in [6.07, 6.45) is 5.50. The molecule has 0 amide bonds. The van der Waals surface area contributed by atoms with Crippen LogP contribution < -0.4 is 5.32 Å². The second-order valence-electron chi connectivity index (χ2n) is 6.01. The van der Waals surface area contributed by atoms with Crippen molar-refractivity contribution in [2.24, 2.45) is 17.8 Å². The van der Waals surface area contributed by atoms with Gasteiger partial charge in [-0.05, 0) is 50.0 Å². The lowest BCUT2D eigenvalue weighted by molar-refractivity contribution is 0.279. The summed E-state index contributed by atoms with van der Waals surface area (Å²) in [5.41, 5.74) is 1.48. The minimum absolute atomic E-state index is 0.628. The summed E-state index contributed by atoms with van der Waals surface area (Å²) >= 11 is 0. The zero-order valence-corrected chi connectivity index (χ0v) is 11.6. The van der Waals surface area contributed by atoms with Gasteiger partial charge in [0, 0.05) is 6.04 Å². The molecule has 1 heteroatoms. The van der Waals surface area contributed by atoms with Gasteiger partial charge in [-0.25, -0.2) is 0 Å². The van der Waals surface area contributed by atoms with Crippen molar-refractivity contribution < 1.29 is 0 Å². The van der Waals surface area contributed by atoms with E-state index in [0.717, 1.165) is 11.8 Å². The van der Waals surface area contributed by atoms with E-state index in [1.807, 2.05) is 0 Å². The lowest BCUT2D eigenvalue weighted by Crippen LogP contribution is -2.31. The molecule has 0 aromatic carbocycles. The first-order valence-corrected chi connectivity index (χ1v) is 6.92. The maximum Gasteiger partial charge on any atom is 0.00104 e. The Kier molecular flexibility index (Phi) is 5.54. The van der Waals surface area contributed by atoms with Crippen molar-refractivity contribution in [3.8, 4) is 0 Å². The Labute approximate surface area is 102 Å². The summed E-state index contributed by atoms with van der Waals surface area (Å²) in [6, 6.07) is 0.628. The van der Waals surface area contributed by atoms with Crippen LogP contribution in [-0.2, 0) is 0 Å². The van der Waals surface area contributed by atoms with Crippen molar-refractivity contribution in [2.45, 2.75) is 59.4 Å². The van der Waals surface area contributed by atoms with Crippen LogP contribution in [0.4, 0.5) is 0 Å². The SMILES string of the molecule is C=C(C(C)C)C1CCC(CNC(C)C)CC1. The highest BCUT2D eigenvalue weighted by Gasteiger charge is 2.23. The van der Waals surface area contributed by atoms with Gasteiger partial charge in [0.05, 0.1) is 0 Å². The van der Waals surface area contributed by atoms with Crippen molar-refractivity contribution in [1.29, 1.82) is 0 Å². The fourth-order valence-electron chi connectivity index (χ4n) is 2.61. The zero-order valence-electron chi connectivity index (χ0n) is 11.6. The molecular formula is C15H29N. The first-order chi connectivity index (χ1) is 7.50. The molecule has 1 fully saturated rings. The number of allylic oxidation sites excluding steroid dienone is 1. The molecule has 1 rings (SSSR count). The van der Waals surface area contributed by atoms with E-state index in [2.05, 4.69) is 39.6 Å². The molecule has 0 saturated heterocycles. The number of nitrogens with one attached hydrogen (secondary N) is 1. The average Bonchev–Trinajstić information content (AvgIpc) is 2.26. The Morgan fingerprint density at radius 1 is 1.12 bits per heavy atom. The number of rotatable bonds is 5. The van der Waals surface area contributed by atoms with Crippen LogP contribution in [0, 0.1) is 17.8 Å². The molecule has 0 atom stereocenters. The summed E-state index contributed by atoms with van der Waals surface area (Å²) in [5, 5.41) is 3.56. The van der Waals surface area contributed by atoms with Gasteiger partial charge in [-0.1, -0.05) is 39.8 Å². The lowest BCUT2D eigenvalue weighted by atomic mass is 9.76. The smallest absolute Gasteiger partial charge is 0.00104 e. The summed E-state index contributed by atoms with van der Waals surface area (Å²) in [4.78, 5) is 0. The highest BCUT2D eigenvalue weighted by molar-refractivity contribution is 5.04. The highest BCUT2D eigenvalue weighted by Crippen LogP contribution is 2.34. The van der Waals surface area contributed by atoms with Crippen LogP contribution in [0.5, 0.6) is 0 Å². The predicted octanol–water partition coefficient (Wildman–Crippen LogP) is 4.00. The van der Waals surface area contributed by atoms with E-state index in [1.54, 1.807) is 0 Å². The molecular weight excluding hydrogens is 194 g/mol. The third-order valence-corrected chi connectivity index (χ3v) is 3.93. The molecule has 16 heavy (non-hydrogen) atoms. The summed E-state index contributed by atoms with van der Waals surface area (Å²) in [5.74, 6) is 2.37. The minimum Gasteiger partial charge on any atom is -0.314 e. The van der Waals surface area contributed by atoms with Gasteiger partial charge in [0.15, 0.2) is 0 Å². The van der Waals surface area contributed by atoms with Crippen LogP contribution in [0.15, 0.2) is 12.2 Å². The Hall–Kier alpha value is -0.300. The van der Waals surface area contributed by atoms with Gasteiger partial charge >= 0.3 is 0 Å². The third-order valence-electron chi connectivity index (χ3n) is 3.93. The third kappa shape index (κ3) is 4.29. The second-order valence-corrected chi connectivity index (χ2v) is 6.01. The van der Waals surface area contributed by atoms with Crippen molar-refractivity contribution in [2.75, 3.05) is 6.54 Å². The Morgan fingerprint density at radius 3 is 2.12 bits per heavy atom. The first kappa shape index (κ1) is 13.8. The van der Waals surface area contributed by atoms with E-state index < -0.39 is 0 Å². The predicted molar refractivity (Wildman–Crippen MR) is 72.6 cm³/mol. The molecule has 0 aliphatic heterocycles. The van der Waals surface area contributed by atoms with Gasteiger partial charge in [0.2, 0.25) is 0 Å². The van der Waals surface area contributed by atoms with Gasteiger partial charge in [0.25, 0.3) is 0 Å². The molecule has 0 spiro atoms. The van der Waals surface area contributed by atoms with Crippen LogP contribution in [-0.4, -0.2) is 12.6 Å². The molecule has 0 heterocycles. The molecule has 1 N–H and O–H groups in total. The Balaban J connectivity index is 2.26. The van der Waals surface area contributed by atoms with Gasteiger partial charge in [-0.15, -0.1) is 0 Å². The van der Waals surface area contributed by atoms with E-state index >= 15 is 0 Å². The molecule has 1 aliphatic rings. The molecule has 1 saturated carbocycles. The van der Waals surface area contributed by atoms with Crippen LogP contribution in [0.3, 0.4) is 0 Å². The van der Waals surface area contributed by atoms with E-state index in [1.165, 1.54) is 37.8 Å². The summed E-state index contributed by atoms with van der Waals surface area (Å²) in [7, 11) is 0. The van der Waals surface area contributed by atoms with E-state index in [4.69, 9.17) is 0 Å². The van der Waals surface area contributed by atoms with Gasteiger partial charge in [-0.2, -0.15) is 0 Å². The van der Waals surface area contributed by atoms with Crippen LogP contribution >= 0.6 is 0 Å². The van der Waals surface area contributed by atoms with Gasteiger partial charge in [-0.3, -0.25) is 0 Å². The summed E-state index contributed by atoms with van der Waals surface area (Å²) in [6.45, 7) is 14.5. The quantitative estimate of drug-likeness (QED) is 0.695. The molecule has 94 valence electrons. The monoisotopic (exact) mass is 223 g/mol. The van der Waals surface area contributed by atoms with Crippen LogP contribution in [0.2, 0.25) is 0 Å². The van der Waals surface area contributed by atoms with Crippen molar-refractivity contribution in [3.63, 3.8) is 0 Å². The molecule has 0 radical (unpaired) electrons. The summed E-state index contributed by atoms with van der Waals surface area (Å²) < 4.78 is 0. The fourth-order valence-corrected chi connectivity index (χ4v) is 2.61. The maximum atomic E-state index is 4.26. The van der Waals surface area contributed by atoms with Crippen molar-refractivity contribution >= 4 is 0 Å². The van der Waals surface area contributed by atoms with Crippen LogP contribution in [0.25, 0.3) is 0 Å². The van der Waals surface area contributed by atoms with Gasteiger partial charge < -0.3 is 5.32 Å². The Bertz CT molecular complexity index is 209. The fraction of sp³-hybridized carbons (Fsp3) is 0.867. The maximum absolute atomic E-state index is 4.26. The molecule has 1 aliphatic carbocycles. The van der Waals surface area contributed by atoms with Crippen molar-refractivity contribution in [3.05, 3.63) is 12.2 Å². The standard InChI is InChI=1S/C15H29N/c1-11(2)13(5)15-8-6-14(7-9-15)10-16-12(3)4/h11-12,14-16H,5-10H2,1-4H3. The van der Waals surface area contributed by atoms with Crippen molar-refractivity contribution in [1.82, 2.24) is 5.32 Å². The number of hydrogen-bond donors (Lipinski definition) is 1. The molecule has 0 aromatic rings. The lowest BCUT2D eigenvalue weighted by Gasteiger charge is -2.31. The molecule has 0 unspecified atom stereocenters. The molecule has 0 bridgehead atoms. The molecule has 0 aromatic heterocycles. The highest BCUT2D eigenvalue weighted by atomic mass is 14.9. The normalized spacial score (nSPS) is 26.4. The zero-order chi connectivity index (χ0) is 12.1. The van der Waals surface area contributed by atoms with Crippen LogP contribution in [0.1, 0.15) is 53.4 Å². The molecule has 1 nitrogen and oxygen atoms in total. The van der Waals surface area contributed by atoms with E-state index in [0.29, 0.717) is 12.0 Å². The van der Waals surface area contributed by atoms with E-state index in [9.17, 15) is 0 Å². The average molecular weight is 223 g/mol. The largest absolute Gasteiger partial charge is 0.314 e. The Morgan fingerprint density at radius 2 is 1.69 bits per heavy atom.